The molecule has 1 heterocycles. The summed E-state index contributed by atoms with van der Waals surface area (Å²) in [4.78, 5) is 12.0. The Morgan fingerprint density at radius 3 is 2.61 bits per heavy atom. The molecule has 0 spiro atoms. The van der Waals surface area contributed by atoms with Gasteiger partial charge in [-0.05, 0) is 31.2 Å². The van der Waals surface area contributed by atoms with Crippen molar-refractivity contribution in [3.05, 3.63) is 58.4 Å². The number of aryl methyl sites for hydroxylation is 1. The molecule has 0 radical (unpaired) electrons. The summed E-state index contributed by atoms with van der Waals surface area (Å²) in [5, 5.41) is 2.06. The summed E-state index contributed by atoms with van der Waals surface area (Å²) in [5.41, 5.74) is 1.01. The van der Waals surface area contributed by atoms with Crippen LogP contribution in [0.5, 0.6) is 0 Å². The average molecular weight is 344 g/mol. The van der Waals surface area contributed by atoms with Gasteiger partial charge in [0.05, 0.1) is 10.6 Å². The van der Waals surface area contributed by atoms with Gasteiger partial charge in [-0.25, -0.2) is 0 Å². The fourth-order valence-corrected chi connectivity index (χ4v) is 2.32. The van der Waals surface area contributed by atoms with E-state index in [0.29, 0.717) is 0 Å². The van der Waals surface area contributed by atoms with Gasteiger partial charge in [0.2, 0.25) is 6.54 Å². The fourth-order valence-electron chi connectivity index (χ4n) is 2.10. The molecular formula is C16H15ClF3N2O+. The van der Waals surface area contributed by atoms with Crippen LogP contribution in [0.1, 0.15) is 16.8 Å². The number of carbonyl (C=O) groups excluding carboxylic acids is 1. The van der Waals surface area contributed by atoms with Crippen molar-refractivity contribution in [1.29, 1.82) is 0 Å². The summed E-state index contributed by atoms with van der Waals surface area (Å²) < 4.78 is 40.2. The van der Waals surface area contributed by atoms with Gasteiger partial charge in [-0.2, -0.15) is 17.7 Å². The normalized spacial score (nSPS) is 11.4. The molecule has 0 aliphatic heterocycles. The number of nitrogens with zero attached hydrogens (tertiary/aromatic N) is 1. The van der Waals surface area contributed by atoms with Gasteiger partial charge in [0, 0.05) is 24.2 Å². The van der Waals surface area contributed by atoms with Crippen LogP contribution in [-0.4, -0.2) is 5.91 Å². The SMILES string of the molecule is Cc1ccc[n+](CC(=O)Nc2ccc(Cl)c(C(F)(F)F)c2)c1C. The Morgan fingerprint density at radius 2 is 1.96 bits per heavy atom. The summed E-state index contributed by atoms with van der Waals surface area (Å²) in [7, 11) is 0. The highest BCUT2D eigenvalue weighted by Crippen LogP contribution is 2.36. The Hall–Kier alpha value is -2.08. The summed E-state index contributed by atoms with van der Waals surface area (Å²) in [6.45, 7) is 3.79. The molecule has 0 aliphatic rings. The predicted molar refractivity (Wildman–Crippen MR) is 81.2 cm³/mol. The van der Waals surface area contributed by atoms with E-state index < -0.39 is 22.7 Å². The molecule has 1 aromatic heterocycles. The predicted octanol–water partition coefficient (Wildman–Crippen LogP) is 3.90. The van der Waals surface area contributed by atoms with Crippen LogP contribution >= 0.6 is 11.6 Å². The van der Waals surface area contributed by atoms with Crippen LogP contribution in [-0.2, 0) is 17.5 Å². The average Bonchev–Trinajstić information content (AvgIpc) is 2.45. The van der Waals surface area contributed by atoms with E-state index in [1.807, 2.05) is 19.9 Å². The lowest BCUT2D eigenvalue weighted by molar-refractivity contribution is -0.690. The third kappa shape index (κ3) is 4.22. The highest BCUT2D eigenvalue weighted by Gasteiger charge is 2.33. The number of benzene rings is 1. The number of aromatic nitrogens is 1. The van der Waals surface area contributed by atoms with Gasteiger partial charge >= 0.3 is 6.18 Å². The van der Waals surface area contributed by atoms with E-state index in [-0.39, 0.29) is 12.2 Å². The molecule has 2 rings (SSSR count). The Bertz CT molecular complexity index is 745. The Balaban J connectivity index is 2.16. The number of hydrogen-bond acceptors (Lipinski definition) is 1. The molecule has 0 aliphatic carbocycles. The number of alkyl halides is 3. The van der Waals surface area contributed by atoms with Crippen molar-refractivity contribution in [1.82, 2.24) is 0 Å². The molecule has 1 N–H and O–H groups in total. The number of halogens is 4. The van der Waals surface area contributed by atoms with Crippen LogP contribution in [0.3, 0.4) is 0 Å². The second-order valence-electron chi connectivity index (χ2n) is 5.15. The molecule has 0 unspecified atom stereocenters. The van der Waals surface area contributed by atoms with Gasteiger partial charge in [0.15, 0.2) is 11.9 Å². The fraction of sp³-hybridized carbons (Fsp3) is 0.250. The van der Waals surface area contributed by atoms with Crippen molar-refractivity contribution in [2.75, 3.05) is 5.32 Å². The monoisotopic (exact) mass is 343 g/mol. The van der Waals surface area contributed by atoms with Gasteiger partial charge in [-0.3, -0.25) is 4.79 Å². The maximum absolute atomic E-state index is 12.8. The van der Waals surface area contributed by atoms with Gasteiger partial charge in [0.25, 0.3) is 5.91 Å². The van der Waals surface area contributed by atoms with E-state index in [2.05, 4.69) is 5.32 Å². The number of carbonyl (C=O) groups is 1. The van der Waals surface area contributed by atoms with Gasteiger partial charge in [0.1, 0.15) is 0 Å². The van der Waals surface area contributed by atoms with Crippen LogP contribution in [0.4, 0.5) is 18.9 Å². The van der Waals surface area contributed by atoms with Gasteiger partial charge < -0.3 is 5.32 Å². The summed E-state index contributed by atoms with van der Waals surface area (Å²) in [6, 6.07) is 7.00. The lowest BCUT2D eigenvalue weighted by Crippen LogP contribution is -2.43. The standard InChI is InChI=1S/C16H14ClF3N2O/c1-10-4-3-7-22(11(10)2)9-15(23)21-12-5-6-14(17)13(8-12)16(18,19)20/h3-8H,9H2,1-2H3/p+1. The van der Waals surface area contributed by atoms with Crippen molar-refractivity contribution in [3.8, 4) is 0 Å². The molecule has 0 bridgehead atoms. The number of pyridine rings is 1. The molecule has 0 saturated heterocycles. The molecule has 0 saturated carbocycles. The summed E-state index contributed by atoms with van der Waals surface area (Å²) >= 11 is 5.55. The Kier molecular flexibility index (Phi) is 4.94. The van der Waals surface area contributed by atoms with Crippen molar-refractivity contribution in [2.45, 2.75) is 26.6 Å². The van der Waals surface area contributed by atoms with E-state index in [1.165, 1.54) is 6.07 Å². The number of anilines is 1. The first kappa shape index (κ1) is 17.3. The van der Waals surface area contributed by atoms with Crippen LogP contribution < -0.4 is 9.88 Å². The van der Waals surface area contributed by atoms with E-state index in [4.69, 9.17) is 11.6 Å². The quantitative estimate of drug-likeness (QED) is 0.842. The first-order valence-corrected chi connectivity index (χ1v) is 7.18. The van der Waals surface area contributed by atoms with Crippen molar-refractivity contribution >= 4 is 23.2 Å². The third-order valence-electron chi connectivity index (χ3n) is 3.48. The molecule has 1 amide bonds. The minimum Gasteiger partial charge on any atom is -0.321 e. The zero-order chi connectivity index (χ0) is 17.2. The minimum absolute atomic E-state index is 0.0114. The van der Waals surface area contributed by atoms with Crippen LogP contribution in [0, 0.1) is 13.8 Å². The largest absolute Gasteiger partial charge is 0.417 e. The van der Waals surface area contributed by atoms with E-state index in [0.717, 1.165) is 23.4 Å². The van der Waals surface area contributed by atoms with Gasteiger partial charge in [-0.15, -0.1) is 0 Å². The molecule has 0 fully saturated rings. The second kappa shape index (κ2) is 6.58. The number of amides is 1. The number of rotatable bonds is 3. The first-order valence-electron chi connectivity index (χ1n) is 6.81. The van der Waals surface area contributed by atoms with E-state index in [9.17, 15) is 18.0 Å². The molecule has 0 atom stereocenters. The zero-order valence-electron chi connectivity index (χ0n) is 12.5. The van der Waals surface area contributed by atoms with Crippen LogP contribution in [0.25, 0.3) is 0 Å². The maximum atomic E-state index is 12.8. The Morgan fingerprint density at radius 1 is 1.26 bits per heavy atom. The second-order valence-corrected chi connectivity index (χ2v) is 5.55. The molecule has 122 valence electrons. The van der Waals surface area contributed by atoms with Crippen LogP contribution in [0.2, 0.25) is 5.02 Å². The first-order chi connectivity index (χ1) is 10.7. The third-order valence-corrected chi connectivity index (χ3v) is 3.81. The Labute approximate surface area is 136 Å². The number of nitrogens with one attached hydrogen (secondary N) is 1. The van der Waals surface area contributed by atoms with Crippen molar-refractivity contribution < 1.29 is 22.5 Å². The lowest BCUT2D eigenvalue weighted by Gasteiger charge is -2.11. The van der Waals surface area contributed by atoms with Crippen molar-refractivity contribution in [3.63, 3.8) is 0 Å². The summed E-state index contributed by atoms with van der Waals surface area (Å²) in [5.74, 6) is -0.417. The van der Waals surface area contributed by atoms with E-state index >= 15 is 0 Å². The minimum atomic E-state index is -4.57. The smallest absolute Gasteiger partial charge is 0.321 e. The zero-order valence-corrected chi connectivity index (χ0v) is 13.3. The molecule has 1 aromatic carbocycles. The van der Waals surface area contributed by atoms with E-state index in [1.54, 1.807) is 16.8 Å². The molecule has 7 heteroatoms. The molecule has 3 nitrogen and oxygen atoms in total. The molecule has 2 aromatic rings. The number of hydrogen-bond donors (Lipinski definition) is 1. The summed E-state index contributed by atoms with van der Waals surface area (Å²) in [6.07, 6.45) is -2.83. The van der Waals surface area contributed by atoms with Crippen molar-refractivity contribution in [2.24, 2.45) is 0 Å². The topological polar surface area (TPSA) is 33.0 Å². The van der Waals surface area contributed by atoms with Crippen LogP contribution in [0.15, 0.2) is 36.5 Å². The molecule has 23 heavy (non-hydrogen) atoms. The van der Waals surface area contributed by atoms with Gasteiger partial charge in [-0.1, -0.05) is 11.6 Å². The highest BCUT2D eigenvalue weighted by molar-refractivity contribution is 6.31. The lowest BCUT2D eigenvalue weighted by atomic mass is 10.2. The maximum Gasteiger partial charge on any atom is 0.417 e. The highest BCUT2D eigenvalue weighted by atomic mass is 35.5. The molecular weight excluding hydrogens is 329 g/mol.